The smallest absolute Gasteiger partial charge is 0.315 e. The number of benzene rings is 1. The van der Waals surface area contributed by atoms with Gasteiger partial charge in [0.15, 0.2) is 0 Å². The third-order valence-electron chi connectivity index (χ3n) is 7.98. The number of pyridine rings is 1. The van der Waals surface area contributed by atoms with Gasteiger partial charge in [-0.3, -0.25) is 9.80 Å². The molecule has 2 amide bonds. The minimum absolute atomic E-state index is 0.141. The first-order chi connectivity index (χ1) is 18.4. The molecule has 0 bridgehead atoms. The molecule has 206 valence electrons. The predicted molar refractivity (Wildman–Crippen MR) is 150 cm³/mol. The van der Waals surface area contributed by atoms with Gasteiger partial charge in [-0.1, -0.05) is 36.2 Å². The van der Waals surface area contributed by atoms with E-state index in [0.717, 1.165) is 76.2 Å². The van der Waals surface area contributed by atoms with Gasteiger partial charge in [-0.2, -0.15) is 0 Å². The van der Waals surface area contributed by atoms with Crippen LogP contribution >= 0.6 is 23.2 Å². The number of rotatable bonds is 8. The van der Waals surface area contributed by atoms with Gasteiger partial charge >= 0.3 is 6.03 Å². The summed E-state index contributed by atoms with van der Waals surface area (Å²) in [5, 5.41) is 6.86. The number of likely N-dealkylation sites (tertiary alicyclic amines) is 1. The van der Waals surface area contributed by atoms with Crippen molar-refractivity contribution in [1.82, 2.24) is 25.4 Å². The van der Waals surface area contributed by atoms with Crippen LogP contribution in [0.4, 0.5) is 15.0 Å². The van der Waals surface area contributed by atoms with Crippen molar-refractivity contribution in [2.75, 3.05) is 37.6 Å². The van der Waals surface area contributed by atoms with Gasteiger partial charge < -0.3 is 15.5 Å². The number of hydrogen-bond acceptors (Lipinski definition) is 5. The molecule has 10 heteroatoms. The molecule has 2 aromatic rings. The largest absolute Gasteiger partial charge is 0.353 e. The highest BCUT2D eigenvalue weighted by Gasteiger charge is 2.34. The summed E-state index contributed by atoms with van der Waals surface area (Å²) in [6.45, 7) is 7.94. The fraction of sp³-hybridized carbons (Fsp3) is 0.571. The summed E-state index contributed by atoms with van der Waals surface area (Å²) in [6.07, 6.45) is 7.16. The van der Waals surface area contributed by atoms with E-state index >= 15 is 0 Å². The number of carbonyl (C=O) groups excluding carboxylic acids is 1. The van der Waals surface area contributed by atoms with Crippen molar-refractivity contribution in [2.24, 2.45) is 0 Å². The normalized spacial score (nSPS) is 21.5. The standard InChI is InChI=1S/C28H37Cl2FN6O/c1-2-23-18-36(27-25(30)13-19(15-32-27)16-33-28(38)34-22-5-6-22)11-12-37(23)24-7-9-35(10-8-24)17-20-3-4-21(29)14-26(20)31/h3-4,13-15,22-24H,2,5-12,16-18H2,1H3,(H2,33,34,38)/t23-/m0/s1. The Balaban J connectivity index is 1.12. The van der Waals surface area contributed by atoms with Crippen LogP contribution in [0.3, 0.4) is 0 Å². The van der Waals surface area contributed by atoms with Crippen LogP contribution in [0.1, 0.15) is 50.2 Å². The number of aromatic nitrogens is 1. The zero-order valence-corrected chi connectivity index (χ0v) is 23.4. The van der Waals surface area contributed by atoms with Gasteiger partial charge in [0, 0.05) is 67.6 Å². The molecule has 0 radical (unpaired) electrons. The van der Waals surface area contributed by atoms with Crippen molar-refractivity contribution >= 4 is 35.1 Å². The Morgan fingerprint density at radius 2 is 1.89 bits per heavy atom. The average molecular weight is 564 g/mol. The average Bonchev–Trinajstić information content (AvgIpc) is 3.73. The second kappa shape index (κ2) is 12.4. The zero-order valence-electron chi connectivity index (χ0n) is 21.9. The van der Waals surface area contributed by atoms with Crippen LogP contribution in [-0.2, 0) is 13.1 Å². The topological polar surface area (TPSA) is 63.7 Å². The molecule has 2 saturated heterocycles. The van der Waals surface area contributed by atoms with Gasteiger partial charge in [0.2, 0.25) is 0 Å². The van der Waals surface area contributed by atoms with E-state index in [4.69, 9.17) is 23.2 Å². The highest BCUT2D eigenvalue weighted by atomic mass is 35.5. The molecule has 1 aromatic carbocycles. The summed E-state index contributed by atoms with van der Waals surface area (Å²) in [7, 11) is 0. The number of nitrogens with zero attached hydrogens (tertiary/aromatic N) is 4. The molecule has 2 aliphatic heterocycles. The Morgan fingerprint density at radius 3 is 2.58 bits per heavy atom. The Kier molecular flexibility index (Phi) is 8.93. The van der Waals surface area contributed by atoms with E-state index < -0.39 is 0 Å². The minimum Gasteiger partial charge on any atom is -0.353 e. The summed E-state index contributed by atoms with van der Waals surface area (Å²) in [5.41, 5.74) is 1.60. The number of anilines is 1. The molecule has 5 rings (SSSR count). The maximum absolute atomic E-state index is 14.3. The molecule has 1 aliphatic carbocycles. The fourth-order valence-corrected chi connectivity index (χ4v) is 6.12. The zero-order chi connectivity index (χ0) is 26.6. The van der Waals surface area contributed by atoms with Gasteiger partial charge in [-0.25, -0.2) is 14.2 Å². The van der Waals surface area contributed by atoms with E-state index in [9.17, 15) is 9.18 Å². The molecular weight excluding hydrogens is 526 g/mol. The summed E-state index contributed by atoms with van der Waals surface area (Å²) in [5.74, 6) is 0.591. The predicted octanol–water partition coefficient (Wildman–Crippen LogP) is 5.05. The Hall–Kier alpha value is -2.13. The number of urea groups is 1. The van der Waals surface area contributed by atoms with E-state index in [2.05, 4.69) is 37.2 Å². The van der Waals surface area contributed by atoms with E-state index in [1.165, 1.54) is 6.07 Å². The molecule has 3 fully saturated rings. The van der Waals surface area contributed by atoms with Crippen molar-refractivity contribution < 1.29 is 9.18 Å². The third-order valence-corrected chi connectivity index (χ3v) is 8.49. The Bertz CT molecular complexity index is 1120. The van der Waals surface area contributed by atoms with Gasteiger partial charge in [-0.15, -0.1) is 0 Å². The van der Waals surface area contributed by atoms with Crippen LogP contribution in [0, 0.1) is 5.82 Å². The van der Waals surface area contributed by atoms with Crippen molar-refractivity contribution in [3.05, 3.63) is 57.5 Å². The number of piperidine rings is 1. The molecule has 1 saturated carbocycles. The van der Waals surface area contributed by atoms with Crippen LogP contribution in [0.25, 0.3) is 0 Å². The van der Waals surface area contributed by atoms with Crippen LogP contribution in [0.5, 0.6) is 0 Å². The SMILES string of the molecule is CC[C@H]1CN(c2ncc(CNC(=O)NC3CC3)cc2Cl)CCN1C1CCN(Cc2ccc(Cl)cc2F)CC1. The van der Waals surface area contributed by atoms with E-state index in [1.54, 1.807) is 12.1 Å². The Labute approximate surface area is 234 Å². The number of halogens is 3. The number of carbonyl (C=O) groups is 1. The van der Waals surface area contributed by atoms with Crippen molar-refractivity contribution in [1.29, 1.82) is 0 Å². The lowest BCUT2D eigenvalue weighted by molar-refractivity contribution is 0.0607. The minimum atomic E-state index is -0.225. The third kappa shape index (κ3) is 6.89. The lowest BCUT2D eigenvalue weighted by Gasteiger charge is -2.47. The second-order valence-corrected chi connectivity index (χ2v) is 11.6. The molecule has 7 nitrogen and oxygen atoms in total. The first-order valence-electron chi connectivity index (χ1n) is 13.8. The molecule has 1 aromatic heterocycles. The highest BCUT2D eigenvalue weighted by Crippen LogP contribution is 2.30. The first-order valence-corrected chi connectivity index (χ1v) is 14.5. The number of amides is 2. The van der Waals surface area contributed by atoms with Crippen LogP contribution in [0.15, 0.2) is 30.5 Å². The first kappa shape index (κ1) is 27.4. The van der Waals surface area contributed by atoms with Gasteiger partial charge in [-0.05, 0) is 69.0 Å². The monoisotopic (exact) mass is 562 g/mol. The maximum atomic E-state index is 14.3. The molecule has 38 heavy (non-hydrogen) atoms. The molecule has 1 atom stereocenters. The second-order valence-electron chi connectivity index (χ2n) is 10.7. The summed E-state index contributed by atoms with van der Waals surface area (Å²) in [4.78, 5) is 23.9. The van der Waals surface area contributed by atoms with Gasteiger partial charge in [0.1, 0.15) is 11.6 Å². The molecular formula is C28H37Cl2FN6O. The summed E-state index contributed by atoms with van der Waals surface area (Å²) < 4.78 is 14.3. The molecule has 3 aliphatic rings. The van der Waals surface area contributed by atoms with Crippen LogP contribution < -0.4 is 15.5 Å². The van der Waals surface area contributed by atoms with Gasteiger partial charge in [0.05, 0.1) is 5.02 Å². The number of hydrogen-bond donors (Lipinski definition) is 2. The number of piperazine rings is 1. The van der Waals surface area contributed by atoms with E-state index in [-0.39, 0.29) is 11.8 Å². The molecule has 0 unspecified atom stereocenters. The molecule has 3 heterocycles. The van der Waals surface area contributed by atoms with Crippen molar-refractivity contribution in [3.63, 3.8) is 0 Å². The van der Waals surface area contributed by atoms with E-state index in [1.807, 2.05) is 12.3 Å². The Morgan fingerprint density at radius 1 is 1.11 bits per heavy atom. The molecule has 0 spiro atoms. The molecule has 2 N–H and O–H groups in total. The lowest BCUT2D eigenvalue weighted by atomic mass is 9.97. The van der Waals surface area contributed by atoms with Crippen LogP contribution in [-0.4, -0.2) is 71.7 Å². The van der Waals surface area contributed by atoms with Gasteiger partial charge in [0.25, 0.3) is 0 Å². The highest BCUT2D eigenvalue weighted by molar-refractivity contribution is 6.33. The lowest BCUT2D eigenvalue weighted by Crippen LogP contribution is -2.58. The van der Waals surface area contributed by atoms with Crippen LogP contribution in [0.2, 0.25) is 10.0 Å². The quantitative estimate of drug-likeness (QED) is 0.471. The summed E-state index contributed by atoms with van der Waals surface area (Å²) >= 11 is 12.6. The van der Waals surface area contributed by atoms with Crippen molar-refractivity contribution in [2.45, 2.75) is 70.2 Å². The van der Waals surface area contributed by atoms with Crippen molar-refractivity contribution in [3.8, 4) is 0 Å². The fourth-order valence-electron chi connectivity index (χ4n) is 5.65. The maximum Gasteiger partial charge on any atom is 0.315 e. The summed E-state index contributed by atoms with van der Waals surface area (Å²) in [6, 6.07) is 8.02. The number of nitrogens with one attached hydrogen (secondary N) is 2. The van der Waals surface area contributed by atoms with E-state index in [0.29, 0.717) is 46.8 Å².